The quantitative estimate of drug-likeness (QED) is 0.802. The van der Waals surface area contributed by atoms with Crippen LogP contribution in [-0.4, -0.2) is 17.2 Å². The van der Waals surface area contributed by atoms with Crippen molar-refractivity contribution in [2.45, 2.75) is 6.54 Å². The highest BCUT2D eigenvalue weighted by Gasteiger charge is 2.04. The monoisotopic (exact) mass is 210 g/mol. The number of aromatic nitrogens is 2. The molecule has 0 spiro atoms. The highest BCUT2D eigenvalue weighted by molar-refractivity contribution is 7.08. The molecular formula is C8H10N4OS. The van der Waals surface area contributed by atoms with Crippen LogP contribution in [0.4, 0.5) is 11.7 Å². The molecule has 2 N–H and O–H groups in total. The second kappa shape index (κ2) is 4.21. The molecule has 0 fully saturated rings. The minimum Gasteiger partial charge on any atom is -0.406 e. The van der Waals surface area contributed by atoms with Crippen molar-refractivity contribution in [3.63, 3.8) is 0 Å². The topological polar surface area (TPSA) is 63.0 Å². The molecule has 2 aromatic heterocycles. The number of anilines is 2. The Bertz CT molecular complexity index is 384. The lowest BCUT2D eigenvalue weighted by Gasteiger charge is -1.94. The summed E-state index contributed by atoms with van der Waals surface area (Å²) in [6.07, 6.45) is 0. The summed E-state index contributed by atoms with van der Waals surface area (Å²) in [5.74, 6) is 0.574. The SMILES string of the molecule is CNCc1nnc(Nc2ccsc2)o1. The Hall–Kier alpha value is -1.40. The number of hydrogen-bond donors (Lipinski definition) is 2. The van der Waals surface area contributed by atoms with Crippen molar-refractivity contribution in [1.29, 1.82) is 0 Å². The van der Waals surface area contributed by atoms with Crippen LogP contribution < -0.4 is 10.6 Å². The van der Waals surface area contributed by atoms with Crippen LogP contribution >= 0.6 is 11.3 Å². The Kier molecular flexibility index (Phi) is 2.76. The first-order valence-corrected chi connectivity index (χ1v) is 5.09. The maximum atomic E-state index is 5.31. The summed E-state index contributed by atoms with van der Waals surface area (Å²) >= 11 is 1.61. The van der Waals surface area contributed by atoms with Gasteiger partial charge in [-0.25, -0.2) is 0 Å². The molecule has 0 aromatic carbocycles. The number of nitrogens with zero attached hydrogens (tertiary/aromatic N) is 2. The lowest BCUT2D eigenvalue weighted by atomic mass is 10.5. The molecule has 0 unspecified atom stereocenters. The molecule has 2 aromatic rings. The molecule has 0 saturated heterocycles. The molecule has 0 aliphatic carbocycles. The van der Waals surface area contributed by atoms with Crippen molar-refractivity contribution in [2.75, 3.05) is 12.4 Å². The van der Waals surface area contributed by atoms with Crippen LogP contribution in [0, 0.1) is 0 Å². The Labute approximate surface area is 85.2 Å². The third kappa shape index (κ3) is 2.09. The smallest absolute Gasteiger partial charge is 0.320 e. The molecule has 74 valence electrons. The Morgan fingerprint density at radius 1 is 1.50 bits per heavy atom. The second-order valence-corrected chi connectivity index (χ2v) is 3.45. The van der Waals surface area contributed by atoms with Crippen molar-refractivity contribution in [1.82, 2.24) is 15.5 Å². The van der Waals surface area contributed by atoms with E-state index in [4.69, 9.17) is 4.42 Å². The van der Waals surface area contributed by atoms with E-state index < -0.39 is 0 Å². The predicted molar refractivity (Wildman–Crippen MR) is 54.7 cm³/mol. The fourth-order valence-electron chi connectivity index (χ4n) is 0.986. The minimum atomic E-state index is 0.425. The largest absolute Gasteiger partial charge is 0.406 e. The van der Waals surface area contributed by atoms with E-state index in [0.717, 1.165) is 5.69 Å². The van der Waals surface area contributed by atoms with Gasteiger partial charge >= 0.3 is 6.01 Å². The number of rotatable bonds is 4. The van der Waals surface area contributed by atoms with E-state index in [9.17, 15) is 0 Å². The standard InChI is InChI=1S/C8H10N4OS/c1-9-4-7-11-12-8(13-7)10-6-2-3-14-5-6/h2-3,5,9H,4H2,1H3,(H,10,12). The molecule has 0 radical (unpaired) electrons. The summed E-state index contributed by atoms with van der Waals surface area (Å²) in [5.41, 5.74) is 0.967. The van der Waals surface area contributed by atoms with Gasteiger partial charge in [-0.05, 0) is 18.5 Å². The number of thiophene rings is 1. The van der Waals surface area contributed by atoms with Gasteiger partial charge in [-0.2, -0.15) is 11.3 Å². The van der Waals surface area contributed by atoms with Gasteiger partial charge in [0.15, 0.2) is 0 Å². The minimum absolute atomic E-state index is 0.425. The van der Waals surface area contributed by atoms with Gasteiger partial charge in [0, 0.05) is 5.38 Å². The zero-order valence-electron chi connectivity index (χ0n) is 7.65. The van der Waals surface area contributed by atoms with Crippen LogP contribution in [0.3, 0.4) is 0 Å². The highest BCUT2D eigenvalue weighted by atomic mass is 32.1. The summed E-state index contributed by atoms with van der Waals surface area (Å²) < 4.78 is 5.31. The fourth-order valence-corrected chi connectivity index (χ4v) is 1.57. The average molecular weight is 210 g/mol. The molecule has 6 heteroatoms. The molecule has 2 rings (SSSR count). The van der Waals surface area contributed by atoms with Gasteiger partial charge in [-0.15, -0.1) is 5.10 Å². The highest BCUT2D eigenvalue weighted by Crippen LogP contribution is 2.17. The van der Waals surface area contributed by atoms with Gasteiger partial charge in [0.05, 0.1) is 12.2 Å². The maximum Gasteiger partial charge on any atom is 0.320 e. The van der Waals surface area contributed by atoms with Crippen LogP contribution in [0.2, 0.25) is 0 Å². The molecule has 14 heavy (non-hydrogen) atoms. The summed E-state index contributed by atoms with van der Waals surface area (Å²) in [7, 11) is 1.83. The summed E-state index contributed by atoms with van der Waals surface area (Å²) in [5, 5.41) is 17.6. The van der Waals surface area contributed by atoms with Gasteiger partial charge in [0.1, 0.15) is 0 Å². The summed E-state index contributed by atoms with van der Waals surface area (Å²) in [6.45, 7) is 0.582. The first-order valence-electron chi connectivity index (χ1n) is 4.14. The first kappa shape index (κ1) is 9.17. The van der Waals surface area contributed by atoms with Gasteiger partial charge in [0.2, 0.25) is 5.89 Å². The predicted octanol–water partition coefficient (Wildman–Crippen LogP) is 1.59. The molecular weight excluding hydrogens is 200 g/mol. The first-order chi connectivity index (χ1) is 6.88. The van der Waals surface area contributed by atoms with E-state index >= 15 is 0 Å². The summed E-state index contributed by atoms with van der Waals surface area (Å²) in [4.78, 5) is 0. The van der Waals surface area contributed by atoms with E-state index in [-0.39, 0.29) is 0 Å². The number of hydrogen-bond acceptors (Lipinski definition) is 6. The van der Waals surface area contributed by atoms with Crippen molar-refractivity contribution < 1.29 is 4.42 Å². The third-order valence-corrected chi connectivity index (χ3v) is 2.25. The van der Waals surface area contributed by atoms with E-state index in [0.29, 0.717) is 18.5 Å². The molecule has 0 bridgehead atoms. The molecule has 0 amide bonds. The van der Waals surface area contributed by atoms with Crippen molar-refractivity contribution in [3.8, 4) is 0 Å². The lowest BCUT2D eigenvalue weighted by molar-refractivity contribution is 0.493. The molecule has 0 saturated carbocycles. The van der Waals surface area contributed by atoms with Gasteiger partial charge in [0.25, 0.3) is 0 Å². The third-order valence-electron chi connectivity index (χ3n) is 1.57. The molecule has 0 aliphatic rings. The number of nitrogens with one attached hydrogen (secondary N) is 2. The average Bonchev–Trinajstić information content (AvgIpc) is 2.79. The Morgan fingerprint density at radius 3 is 3.14 bits per heavy atom. The normalized spacial score (nSPS) is 10.4. The van der Waals surface area contributed by atoms with Crippen LogP contribution in [0.15, 0.2) is 21.2 Å². The lowest BCUT2D eigenvalue weighted by Crippen LogP contribution is -2.04. The molecule has 2 heterocycles. The van der Waals surface area contributed by atoms with Crippen molar-refractivity contribution >= 4 is 23.0 Å². The van der Waals surface area contributed by atoms with E-state index in [1.807, 2.05) is 23.9 Å². The zero-order valence-corrected chi connectivity index (χ0v) is 8.47. The van der Waals surface area contributed by atoms with E-state index in [1.54, 1.807) is 11.3 Å². The van der Waals surface area contributed by atoms with E-state index in [1.165, 1.54) is 0 Å². The van der Waals surface area contributed by atoms with Crippen molar-refractivity contribution in [3.05, 3.63) is 22.7 Å². The van der Waals surface area contributed by atoms with Crippen LogP contribution in [0.5, 0.6) is 0 Å². The maximum absolute atomic E-state index is 5.31. The molecule has 0 aliphatic heterocycles. The van der Waals surface area contributed by atoms with Gasteiger partial charge in [-0.1, -0.05) is 5.10 Å². The van der Waals surface area contributed by atoms with Crippen LogP contribution in [0.1, 0.15) is 5.89 Å². The van der Waals surface area contributed by atoms with Crippen LogP contribution in [0.25, 0.3) is 0 Å². The Morgan fingerprint density at radius 2 is 2.43 bits per heavy atom. The van der Waals surface area contributed by atoms with Crippen molar-refractivity contribution in [2.24, 2.45) is 0 Å². The van der Waals surface area contributed by atoms with Gasteiger partial charge in [-0.3, -0.25) is 0 Å². The Balaban J connectivity index is 2.03. The molecule has 0 atom stereocenters. The second-order valence-electron chi connectivity index (χ2n) is 2.67. The zero-order chi connectivity index (χ0) is 9.80. The van der Waals surface area contributed by atoms with Crippen LogP contribution in [-0.2, 0) is 6.54 Å². The van der Waals surface area contributed by atoms with Gasteiger partial charge < -0.3 is 15.1 Å². The summed E-state index contributed by atoms with van der Waals surface area (Å²) in [6, 6.07) is 2.38. The fraction of sp³-hybridized carbons (Fsp3) is 0.250. The van der Waals surface area contributed by atoms with E-state index in [2.05, 4.69) is 20.8 Å². The molecule has 5 nitrogen and oxygen atoms in total.